The quantitative estimate of drug-likeness (QED) is 0.461. The fraction of sp³-hybridized carbons (Fsp3) is 0.750. The molecule has 33 valence electrons. The van der Waals surface area contributed by atoms with E-state index in [0.29, 0.717) is 0 Å². The van der Waals surface area contributed by atoms with Crippen LogP contribution in [0.15, 0.2) is 0 Å². The molecule has 1 atom stereocenters. The van der Waals surface area contributed by atoms with E-state index in [1.165, 1.54) is 6.92 Å². The summed E-state index contributed by atoms with van der Waals surface area (Å²) in [7, 11) is 0. The number of hydrogen-bond acceptors (Lipinski definition) is 1. The molecule has 0 heterocycles. The maximum Gasteiger partial charge on any atom is 0.103 e. The SMILES string of the molecule is CC([O])CC#N. The largest absolute Gasteiger partial charge is 0.232 e. The molecule has 1 unspecified atom stereocenters. The summed E-state index contributed by atoms with van der Waals surface area (Å²) in [5.74, 6) is 0. The van der Waals surface area contributed by atoms with Gasteiger partial charge in [-0.1, -0.05) is 0 Å². The Labute approximate surface area is 37.0 Å². The van der Waals surface area contributed by atoms with Gasteiger partial charge in [-0.05, 0) is 6.92 Å². The number of rotatable bonds is 1. The van der Waals surface area contributed by atoms with Crippen LogP contribution in [-0.2, 0) is 5.11 Å². The number of nitriles is 1. The topological polar surface area (TPSA) is 43.7 Å². The molecule has 0 bridgehead atoms. The summed E-state index contributed by atoms with van der Waals surface area (Å²) < 4.78 is 0. The Hall–Kier alpha value is -0.550. The fourth-order valence-electron chi connectivity index (χ4n) is 0.129. The first kappa shape index (κ1) is 5.45. The summed E-state index contributed by atoms with van der Waals surface area (Å²) in [6, 6.07) is 1.75. The van der Waals surface area contributed by atoms with Crippen molar-refractivity contribution in [3.8, 4) is 6.07 Å². The van der Waals surface area contributed by atoms with Crippen molar-refractivity contribution in [3.63, 3.8) is 0 Å². The molecule has 0 spiro atoms. The van der Waals surface area contributed by atoms with Gasteiger partial charge < -0.3 is 0 Å². The minimum Gasteiger partial charge on any atom is -0.232 e. The van der Waals surface area contributed by atoms with Crippen molar-refractivity contribution in [1.82, 2.24) is 0 Å². The van der Waals surface area contributed by atoms with Gasteiger partial charge in [0.2, 0.25) is 0 Å². The third-order valence-electron chi connectivity index (χ3n) is 0.379. The fourth-order valence-corrected chi connectivity index (χ4v) is 0.129. The van der Waals surface area contributed by atoms with E-state index >= 15 is 0 Å². The van der Waals surface area contributed by atoms with Gasteiger partial charge in [0.15, 0.2) is 0 Å². The molecule has 1 radical (unpaired) electrons. The highest BCUT2D eigenvalue weighted by Gasteiger charge is 1.90. The van der Waals surface area contributed by atoms with Crippen molar-refractivity contribution in [2.24, 2.45) is 0 Å². The van der Waals surface area contributed by atoms with Gasteiger partial charge in [0.05, 0.1) is 12.5 Å². The molecule has 0 aromatic rings. The molecule has 0 aromatic heterocycles. The predicted octanol–water partition coefficient (Wildman–Crippen LogP) is 0.719. The van der Waals surface area contributed by atoms with E-state index in [9.17, 15) is 5.11 Å². The van der Waals surface area contributed by atoms with Crippen LogP contribution in [0.2, 0.25) is 0 Å². The van der Waals surface area contributed by atoms with Crippen LogP contribution in [-0.4, -0.2) is 6.10 Å². The minimum atomic E-state index is -0.713. The average Bonchev–Trinajstić information content (AvgIpc) is 1.35. The van der Waals surface area contributed by atoms with Crippen LogP contribution in [0.25, 0.3) is 0 Å². The van der Waals surface area contributed by atoms with Crippen molar-refractivity contribution >= 4 is 0 Å². The molecule has 0 rings (SSSR count). The van der Waals surface area contributed by atoms with E-state index < -0.39 is 6.10 Å². The second-order valence-electron chi connectivity index (χ2n) is 1.17. The lowest BCUT2D eigenvalue weighted by molar-refractivity contribution is 0.110. The lowest BCUT2D eigenvalue weighted by Gasteiger charge is -1.84. The normalized spacial score (nSPS) is 12.8. The molecule has 0 amide bonds. The molecule has 0 aliphatic rings. The van der Waals surface area contributed by atoms with Crippen molar-refractivity contribution in [3.05, 3.63) is 0 Å². The molecule has 2 heteroatoms. The first-order chi connectivity index (χ1) is 2.77. The van der Waals surface area contributed by atoms with Gasteiger partial charge in [-0.15, -0.1) is 0 Å². The molecule has 0 aromatic carbocycles. The smallest absolute Gasteiger partial charge is 0.103 e. The lowest BCUT2D eigenvalue weighted by Crippen LogP contribution is -1.92. The predicted molar refractivity (Wildman–Crippen MR) is 20.4 cm³/mol. The molecule has 0 aliphatic carbocycles. The van der Waals surface area contributed by atoms with Gasteiger partial charge in [0, 0.05) is 0 Å². The molecular weight excluding hydrogens is 78.0 g/mol. The number of nitrogens with zero attached hydrogens (tertiary/aromatic N) is 1. The van der Waals surface area contributed by atoms with Gasteiger partial charge in [-0.25, -0.2) is 5.11 Å². The minimum absolute atomic E-state index is 0.125. The first-order valence-corrected chi connectivity index (χ1v) is 1.80. The summed E-state index contributed by atoms with van der Waals surface area (Å²) in [4.78, 5) is 0. The Kier molecular flexibility index (Phi) is 2.43. The Morgan fingerprint density at radius 1 is 2.00 bits per heavy atom. The monoisotopic (exact) mass is 84.0 g/mol. The third-order valence-corrected chi connectivity index (χ3v) is 0.379. The van der Waals surface area contributed by atoms with Gasteiger partial charge in [-0.3, -0.25) is 0 Å². The van der Waals surface area contributed by atoms with Crippen LogP contribution in [0, 0.1) is 11.3 Å². The van der Waals surface area contributed by atoms with Crippen LogP contribution in [0.4, 0.5) is 0 Å². The summed E-state index contributed by atoms with van der Waals surface area (Å²) in [5, 5.41) is 17.7. The Balaban J connectivity index is 2.88. The Morgan fingerprint density at radius 3 is 2.50 bits per heavy atom. The third kappa shape index (κ3) is 3.45. The van der Waals surface area contributed by atoms with E-state index in [1.807, 2.05) is 0 Å². The van der Waals surface area contributed by atoms with Crippen LogP contribution in [0.5, 0.6) is 0 Å². The van der Waals surface area contributed by atoms with Crippen LogP contribution < -0.4 is 0 Å². The lowest BCUT2D eigenvalue weighted by atomic mass is 10.3. The Bertz CT molecular complexity index is 62.4. The van der Waals surface area contributed by atoms with Crippen molar-refractivity contribution < 1.29 is 5.11 Å². The maximum absolute atomic E-state index is 9.90. The zero-order chi connectivity index (χ0) is 4.99. The van der Waals surface area contributed by atoms with E-state index in [1.54, 1.807) is 6.07 Å². The molecular formula is C4H6NO. The van der Waals surface area contributed by atoms with Crippen molar-refractivity contribution in [2.45, 2.75) is 19.4 Å². The average molecular weight is 84.1 g/mol. The summed E-state index contributed by atoms with van der Waals surface area (Å²) in [6.45, 7) is 1.48. The number of hydrogen-bond donors (Lipinski definition) is 0. The van der Waals surface area contributed by atoms with Crippen molar-refractivity contribution in [2.75, 3.05) is 0 Å². The second-order valence-corrected chi connectivity index (χ2v) is 1.17. The molecule has 0 fully saturated rings. The highest BCUT2D eigenvalue weighted by Crippen LogP contribution is 1.83. The van der Waals surface area contributed by atoms with E-state index in [-0.39, 0.29) is 6.42 Å². The second kappa shape index (κ2) is 2.67. The van der Waals surface area contributed by atoms with Crippen LogP contribution in [0.3, 0.4) is 0 Å². The first-order valence-electron chi connectivity index (χ1n) is 1.80. The van der Waals surface area contributed by atoms with Gasteiger partial charge >= 0.3 is 0 Å². The molecule has 0 aliphatic heterocycles. The van der Waals surface area contributed by atoms with Gasteiger partial charge in [0.25, 0.3) is 0 Å². The van der Waals surface area contributed by atoms with Crippen LogP contribution in [0.1, 0.15) is 13.3 Å². The summed E-state index contributed by atoms with van der Waals surface area (Å²) in [6.07, 6.45) is -0.588. The zero-order valence-corrected chi connectivity index (χ0v) is 3.64. The Morgan fingerprint density at radius 2 is 2.50 bits per heavy atom. The molecule has 2 nitrogen and oxygen atoms in total. The summed E-state index contributed by atoms with van der Waals surface area (Å²) >= 11 is 0. The van der Waals surface area contributed by atoms with E-state index in [0.717, 1.165) is 0 Å². The van der Waals surface area contributed by atoms with Crippen molar-refractivity contribution in [1.29, 1.82) is 5.26 Å². The zero-order valence-electron chi connectivity index (χ0n) is 3.64. The van der Waals surface area contributed by atoms with Gasteiger partial charge in [0.1, 0.15) is 6.10 Å². The molecule has 0 saturated heterocycles. The van der Waals surface area contributed by atoms with E-state index in [2.05, 4.69) is 0 Å². The van der Waals surface area contributed by atoms with E-state index in [4.69, 9.17) is 5.26 Å². The van der Waals surface area contributed by atoms with Crippen LogP contribution >= 0.6 is 0 Å². The highest BCUT2D eigenvalue weighted by atomic mass is 16.3. The van der Waals surface area contributed by atoms with Gasteiger partial charge in [-0.2, -0.15) is 5.26 Å². The molecule has 0 N–H and O–H groups in total. The molecule has 0 saturated carbocycles. The maximum atomic E-state index is 9.90. The standard InChI is InChI=1S/C4H6NO/c1-4(6)2-3-5/h4H,2H2,1H3. The molecule has 6 heavy (non-hydrogen) atoms. The summed E-state index contributed by atoms with van der Waals surface area (Å²) in [5.41, 5.74) is 0. The highest BCUT2D eigenvalue weighted by molar-refractivity contribution is 4.71.